The van der Waals surface area contributed by atoms with Gasteiger partial charge in [0.15, 0.2) is 46.7 Å². The first kappa shape index (κ1) is 53.8. The smallest absolute Gasteiger partial charge is 0.326 e. The number of aliphatic hydroxyl groups is 8. The van der Waals surface area contributed by atoms with Crippen molar-refractivity contribution in [2.75, 3.05) is 20.8 Å². The van der Waals surface area contributed by atoms with Crippen LogP contribution in [0.25, 0.3) is 17.4 Å². The summed E-state index contributed by atoms with van der Waals surface area (Å²) in [5.41, 5.74) is -0.0826. The van der Waals surface area contributed by atoms with E-state index in [-0.39, 0.29) is 114 Å². The highest BCUT2D eigenvalue weighted by atomic mass is 16.7. The number of aliphatic hydroxyl groups excluding tert-OH is 6. The van der Waals surface area contributed by atoms with Gasteiger partial charge in [-0.1, -0.05) is 12.1 Å². The lowest BCUT2D eigenvalue weighted by Crippen LogP contribution is -2.60. The molecule has 81 heavy (non-hydrogen) atoms. The molecule has 24 nitrogen and oxygen atoms in total. The van der Waals surface area contributed by atoms with Gasteiger partial charge < -0.3 is 115 Å². The summed E-state index contributed by atoms with van der Waals surface area (Å²) in [5, 5.41) is 177. The molecular formula is C57H53O24+. The van der Waals surface area contributed by atoms with Crippen molar-refractivity contribution >= 4 is 17.4 Å². The molecule has 0 bridgehead atoms. The maximum atomic E-state index is 12.6. The molecule has 11 atom stereocenters. The van der Waals surface area contributed by atoms with Crippen LogP contribution in [0.15, 0.2) is 90.7 Å². The van der Waals surface area contributed by atoms with Gasteiger partial charge in [0.25, 0.3) is 0 Å². The van der Waals surface area contributed by atoms with Gasteiger partial charge >= 0.3 is 12.0 Å². The lowest BCUT2D eigenvalue weighted by atomic mass is 9.76. The number of hydrogen-bond donors (Lipinski definition) is 16. The fourth-order valence-electron chi connectivity index (χ4n) is 10.8. The molecule has 424 valence electrons. The summed E-state index contributed by atoms with van der Waals surface area (Å²) in [6.45, 7) is -0.791. The van der Waals surface area contributed by atoms with Crippen LogP contribution in [0.4, 0.5) is 0 Å². The molecule has 5 aliphatic rings. The Kier molecular flexibility index (Phi) is 13.6. The third kappa shape index (κ3) is 9.13. The third-order valence-corrected chi connectivity index (χ3v) is 14.8. The molecular weight excluding hydrogens is 1070 g/mol. The molecule has 0 aliphatic carbocycles. The minimum atomic E-state index is -1.89. The Morgan fingerprint density at radius 2 is 1.21 bits per heavy atom. The maximum Gasteiger partial charge on any atom is 0.326 e. The molecule has 5 heterocycles. The van der Waals surface area contributed by atoms with Crippen LogP contribution in [0.2, 0.25) is 0 Å². The third-order valence-electron chi connectivity index (χ3n) is 14.8. The fraction of sp³-hybridized carbons (Fsp3) is 0.263. The summed E-state index contributed by atoms with van der Waals surface area (Å²) >= 11 is 0. The molecule has 5 aliphatic heterocycles. The second kappa shape index (κ2) is 20.5. The van der Waals surface area contributed by atoms with E-state index in [1.54, 1.807) is 0 Å². The Hall–Kier alpha value is -9.14. The first-order chi connectivity index (χ1) is 38.7. The van der Waals surface area contributed by atoms with E-state index in [1.807, 2.05) is 0 Å². The van der Waals surface area contributed by atoms with Crippen molar-refractivity contribution in [3.05, 3.63) is 135 Å². The number of phenolic OH excluding ortho intramolecular Hbond substituents is 10. The summed E-state index contributed by atoms with van der Waals surface area (Å²) in [6.07, 6.45) is -12.1. The summed E-state index contributed by atoms with van der Waals surface area (Å²) in [7, 11) is 2.57. The van der Waals surface area contributed by atoms with Crippen molar-refractivity contribution in [1.29, 1.82) is 0 Å². The first-order valence-corrected chi connectivity index (χ1v) is 24.9. The van der Waals surface area contributed by atoms with Gasteiger partial charge in [0, 0.05) is 52.9 Å². The predicted molar refractivity (Wildman–Crippen MR) is 278 cm³/mol. The molecule has 11 unspecified atom stereocenters. The van der Waals surface area contributed by atoms with E-state index in [9.17, 15) is 81.7 Å². The van der Waals surface area contributed by atoms with Crippen molar-refractivity contribution < 1.29 is 120 Å². The quantitative estimate of drug-likeness (QED) is 0.0653. The Labute approximate surface area is 457 Å². The molecule has 1 saturated heterocycles. The second-order valence-electron chi connectivity index (χ2n) is 19.7. The number of phenols is 10. The predicted octanol–water partition coefficient (Wildman–Crippen LogP) is 3.37. The number of benzene rings is 6. The van der Waals surface area contributed by atoms with Crippen LogP contribution in [-0.2, 0) is 11.2 Å². The SMILES string of the molecule is COc1cc(C2=C([OH+]C3OC(CO)C(O)C(O)C3O)C3=CC(C=Cc4c(O)cc(O)c5c4OC(c4ccc(O)c(O)c4)C(O)C5c4c(O)cc(O)c5c4OC(c4ccc(O)c(O)c4)C(O)C5)Oc4cc(O)cc(c43)O2)cc(OC)c1O. The Bertz CT molecular complexity index is 3580. The van der Waals surface area contributed by atoms with Crippen LogP contribution >= 0.6 is 0 Å². The standard InChI is InChI=1S/C57H52O24/c1-74-39-11-22(12-40(75-2)46(39)69)53-56(81-57-50(73)49(72)47(70)41(19-58)78-57)27-15-24(76-37-13-23(59)14-38(77-53)42(27)37)5-6-25-30(62)17-34(66)43-45(48(71)52(80-54(25)43)21-4-8-29(61)33(65)10-21)44-35(67)18-31(63)26-16-36(68)51(79-55(26)44)20-3-7-28(60)32(64)9-20/h3-15,17-18,24,36,41,45,47-52,57-73H,16,19H2,1-2H3/p+1. The summed E-state index contributed by atoms with van der Waals surface area (Å²) < 4.78 is 47.1. The fourth-order valence-corrected chi connectivity index (χ4v) is 10.8. The number of ether oxygens (including phenoxy) is 8. The number of allylic oxidation sites excluding steroid dienone is 1. The number of methoxy groups -OCH3 is 2. The van der Waals surface area contributed by atoms with Gasteiger partial charge in [0.05, 0.1) is 49.5 Å². The Morgan fingerprint density at radius 1 is 0.605 bits per heavy atom. The Morgan fingerprint density at radius 3 is 1.84 bits per heavy atom. The van der Waals surface area contributed by atoms with Crippen molar-refractivity contribution in [2.45, 2.75) is 73.6 Å². The monoisotopic (exact) mass is 1120 g/mol. The van der Waals surface area contributed by atoms with Gasteiger partial charge in [-0.25, -0.2) is 0 Å². The number of fused-ring (bicyclic) bond motifs is 2. The highest BCUT2D eigenvalue weighted by Gasteiger charge is 2.51. The highest BCUT2D eigenvalue weighted by Crippen LogP contribution is 2.59. The first-order valence-electron chi connectivity index (χ1n) is 24.9. The lowest BCUT2D eigenvalue weighted by molar-refractivity contribution is -0.330. The normalized spacial score (nSPS) is 25.5. The van der Waals surface area contributed by atoms with E-state index >= 15 is 0 Å². The summed E-state index contributed by atoms with van der Waals surface area (Å²) in [5.74, 6) is -8.11. The molecule has 0 spiro atoms. The van der Waals surface area contributed by atoms with E-state index < -0.39 is 120 Å². The van der Waals surface area contributed by atoms with Crippen molar-refractivity contribution in [1.82, 2.24) is 0 Å². The van der Waals surface area contributed by atoms with E-state index in [2.05, 4.69) is 0 Å². The molecule has 0 radical (unpaired) electrons. The van der Waals surface area contributed by atoms with Crippen LogP contribution in [0.3, 0.4) is 0 Å². The minimum Gasteiger partial charge on any atom is -0.555 e. The Balaban J connectivity index is 1.08. The zero-order valence-electron chi connectivity index (χ0n) is 42.4. The molecule has 0 saturated carbocycles. The van der Waals surface area contributed by atoms with Crippen molar-refractivity contribution in [3.8, 4) is 92.0 Å². The van der Waals surface area contributed by atoms with Crippen LogP contribution in [0, 0.1) is 0 Å². The largest absolute Gasteiger partial charge is 0.555 e. The molecule has 11 rings (SSSR count). The number of rotatable bonds is 11. The zero-order chi connectivity index (χ0) is 57.6. The van der Waals surface area contributed by atoms with Crippen LogP contribution in [-0.4, -0.2) is 156 Å². The molecule has 0 aromatic heterocycles. The summed E-state index contributed by atoms with van der Waals surface area (Å²) in [6, 6.07) is 14.3. The van der Waals surface area contributed by atoms with E-state index in [4.69, 9.17) is 37.9 Å². The molecule has 6 aromatic carbocycles. The van der Waals surface area contributed by atoms with Gasteiger partial charge in [-0.05, 0) is 65.8 Å². The van der Waals surface area contributed by atoms with Gasteiger partial charge in [0.2, 0.25) is 11.5 Å². The second-order valence-corrected chi connectivity index (χ2v) is 19.7. The van der Waals surface area contributed by atoms with Crippen LogP contribution in [0.5, 0.6) is 92.0 Å². The molecule has 6 aromatic rings. The van der Waals surface area contributed by atoms with Gasteiger partial charge in [-0.3, -0.25) is 4.74 Å². The average molecular weight is 1120 g/mol. The summed E-state index contributed by atoms with van der Waals surface area (Å²) in [4.78, 5) is 0. The molecule has 1 fully saturated rings. The molecule has 17 N–H and O–H groups in total. The van der Waals surface area contributed by atoms with Gasteiger partial charge in [-0.2, -0.15) is 0 Å². The number of aromatic hydroxyl groups is 10. The molecule has 24 heteroatoms. The lowest BCUT2D eigenvalue weighted by Gasteiger charge is -2.40. The minimum absolute atomic E-state index is 0.00712. The molecule has 0 amide bonds. The van der Waals surface area contributed by atoms with Crippen molar-refractivity contribution in [2.24, 2.45) is 0 Å². The average Bonchev–Trinajstić information content (AvgIpc) is 3.64. The van der Waals surface area contributed by atoms with Crippen LogP contribution in [0.1, 0.15) is 62.6 Å². The van der Waals surface area contributed by atoms with Gasteiger partial charge in [0.1, 0.15) is 88.4 Å². The van der Waals surface area contributed by atoms with E-state index in [0.717, 1.165) is 36.4 Å². The number of hydrogen-bond acceptors (Lipinski definition) is 23. The zero-order valence-corrected chi connectivity index (χ0v) is 42.4. The van der Waals surface area contributed by atoms with E-state index in [0.29, 0.717) is 0 Å². The highest BCUT2D eigenvalue weighted by molar-refractivity contribution is 5.95. The van der Waals surface area contributed by atoms with Crippen molar-refractivity contribution in [3.63, 3.8) is 0 Å². The maximum absolute atomic E-state index is 12.6. The topological polar surface area (TPSA) is 401 Å². The van der Waals surface area contributed by atoms with Crippen LogP contribution < -0.4 is 28.4 Å². The van der Waals surface area contributed by atoms with E-state index in [1.165, 1.54) is 68.8 Å². The van der Waals surface area contributed by atoms with Gasteiger partial charge in [-0.15, -0.1) is 0 Å².